The number of rotatable bonds is 1. The highest BCUT2D eigenvalue weighted by molar-refractivity contribution is 5.95. The molecule has 0 saturated carbocycles. The number of nitrogens with one attached hydrogen (secondary N) is 1. The van der Waals surface area contributed by atoms with Gasteiger partial charge in [0.1, 0.15) is 11.6 Å². The second kappa shape index (κ2) is 6.32. The molecule has 1 N–H and O–H groups in total. The minimum Gasteiger partial charge on any atom is -0.315 e. The molecule has 7 heteroatoms. The molecule has 0 aliphatic rings. The lowest BCUT2D eigenvalue weighted by atomic mass is 10.2. The number of benzene rings is 1. The van der Waals surface area contributed by atoms with Crippen molar-refractivity contribution < 1.29 is 26.7 Å². The van der Waals surface area contributed by atoms with Crippen LogP contribution in [-0.4, -0.2) is 12.1 Å². The van der Waals surface area contributed by atoms with Crippen molar-refractivity contribution >= 4 is 11.6 Å². The highest BCUT2D eigenvalue weighted by Gasteiger charge is 2.39. The Morgan fingerprint density at radius 2 is 1.67 bits per heavy atom. The molecule has 0 aliphatic heterocycles. The average molecular weight is 269 g/mol. The van der Waals surface area contributed by atoms with Gasteiger partial charge in [0.05, 0.1) is 5.69 Å². The molecule has 0 unspecified atom stereocenters. The molecule has 0 fully saturated rings. The summed E-state index contributed by atoms with van der Waals surface area (Å²) in [6.07, 6.45) is -5.12. The first kappa shape index (κ1) is 16.3. The molecule has 0 heterocycles. The summed E-state index contributed by atoms with van der Waals surface area (Å²) >= 11 is 0. The van der Waals surface area contributed by atoms with Crippen molar-refractivity contribution in [2.24, 2.45) is 0 Å². The van der Waals surface area contributed by atoms with Gasteiger partial charge in [0.15, 0.2) is 0 Å². The Labute approximate surface area is 101 Å². The smallest absolute Gasteiger partial charge is 0.315 e. The summed E-state index contributed by atoms with van der Waals surface area (Å²) in [4.78, 5) is 10.5. The van der Waals surface area contributed by atoms with Crippen molar-refractivity contribution in [3.63, 3.8) is 0 Å². The number of carbonyl (C=O) groups is 1. The summed E-state index contributed by atoms with van der Waals surface area (Å²) < 4.78 is 61.2. The lowest BCUT2D eigenvalue weighted by Gasteiger charge is -2.11. The zero-order valence-corrected chi connectivity index (χ0v) is 9.95. The van der Waals surface area contributed by atoms with E-state index < -0.39 is 29.4 Å². The van der Waals surface area contributed by atoms with Gasteiger partial charge >= 0.3 is 12.1 Å². The van der Waals surface area contributed by atoms with Crippen LogP contribution in [0.5, 0.6) is 0 Å². The zero-order chi connectivity index (χ0) is 14.5. The van der Waals surface area contributed by atoms with Gasteiger partial charge in [-0.25, -0.2) is 8.78 Å². The van der Waals surface area contributed by atoms with E-state index in [0.29, 0.717) is 6.07 Å². The lowest BCUT2D eigenvalue weighted by Crippen LogP contribution is -2.30. The molecular weight excluding hydrogens is 257 g/mol. The van der Waals surface area contributed by atoms with E-state index in [1.54, 1.807) is 0 Å². The van der Waals surface area contributed by atoms with Crippen LogP contribution in [0.1, 0.15) is 19.4 Å². The second-order valence-corrected chi connectivity index (χ2v) is 3.03. The van der Waals surface area contributed by atoms with E-state index in [-0.39, 0.29) is 5.56 Å². The fraction of sp³-hybridized carbons (Fsp3) is 0.364. The summed E-state index contributed by atoms with van der Waals surface area (Å²) in [5, 5.41) is 1.34. The quantitative estimate of drug-likeness (QED) is 0.772. The SMILES string of the molecule is CC.Cc1cc(F)cc(F)c1NC(=O)C(F)(F)F. The minimum absolute atomic E-state index is 0.130. The predicted molar refractivity (Wildman–Crippen MR) is 57.1 cm³/mol. The highest BCUT2D eigenvalue weighted by Crippen LogP contribution is 2.24. The van der Waals surface area contributed by atoms with Crippen LogP contribution in [0.25, 0.3) is 0 Å². The number of hydrogen-bond donors (Lipinski definition) is 1. The number of aryl methyl sites for hydroxylation is 1. The third kappa shape index (κ3) is 4.31. The number of halogens is 5. The fourth-order valence-electron chi connectivity index (χ4n) is 1.04. The van der Waals surface area contributed by atoms with Crippen LogP contribution in [0.2, 0.25) is 0 Å². The summed E-state index contributed by atoms with van der Waals surface area (Å²) in [5.74, 6) is -4.49. The van der Waals surface area contributed by atoms with E-state index in [2.05, 4.69) is 0 Å². The molecule has 1 aromatic carbocycles. The van der Waals surface area contributed by atoms with E-state index in [9.17, 15) is 26.7 Å². The Morgan fingerprint density at radius 3 is 2.06 bits per heavy atom. The average Bonchev–Trinajstić information content (AvgIpc) is 2.24. The van der Waals surface area contributed by atoms with Gasteiger partial charge in [0.25, 0.3) is 0 Å². The van der Waals surface area contributed by atoms with Crippen LogP contribution in [-0.2, 0) is 4.79 Å². The van der Waals surface area contributed by atoms with Gasteiger partial charge in [-0.05, 0) is 18.6 Å². The van der Waals surface area contributed by atoms with Gasteiger partial charge in [-0.2, -0.15) is 13.2 Å². The molecule has 0 aliphatic carbocycles. The Morgan fingerprint density at radius 1 is 1.17 bits per heavy atom. The molecule has 1 rings (SSSR count). The van der Waals surface area contributed by atoms with Crippen LogP contribution in [0.3, 0.4) is 0 Å². The molecule has 0 spiro atoms. The number of alkyl halides is 3. The molecule has 18 heavy (non-hydrogen) atoms. The Kier molecular flexibility index (Phi) is 5.74. The van der Waals surface area contributed by atoms with E-state index in [1.165, 1.54) is 12.2 Å². The van der Waals surface area contributed by atoms with Crippen molar-refractivity contribution in [2.45, 2.75) is 26.9 Å². The topological polar surface area (TPSA) is 29.1 Å². The van der Waals surface area contributed by atoms with Gasteiger partial charge in [-0.1, -0.05) is 13.8 Å². The van der Waals surface area contributed by atoms with Crippen LogP contribution in [0.15, 0.2) is 12.1 Å². The van der Waals surface area contributed by atoms with E-state index in [1.807, 2.05) is 13.8 Å². The van der Waals surface area contributed by atoms with Crippen LogP contribution in [0.4, 0.5) is 27.6 Å². The van der Waals surface area contributed by atoms with Crippen LogP contribution < -0.4 is 5.32 Å². The summed E-state index contributed by atoms with van der Waals surface area (Å²) in [5.41, 5.74) is -0.807. The predicted octanol–water partition coefficient (Wildman–Crippen LogP) is 3.80. The lowest BCUT2D eigenvalue weighted by molar-refractivity contribution is -0.167. The molecule has 0 atom stereocenters. The number of carbonyl (C=O) groups excluding carboxylic acids is 1. The maximum absolute atomic E-state index is 13.0. The Balaban J connectivity index is 0.00000137. The summed E-state index contributed by atoms with van der Waals surface area (Å²) in [7, 11) is 0. The van der Waals surface area contributed by atoms with Crippen molar-refractivity contribution in [1.29, 1.82) is 0 Å². The third-order valence-corrected chi connectivity index (χ3v) is 1.75. The molecule has 0 radical (unpaired) electrons. The molecule has 2 nitrogen and oxygen atoms in total. The fourth-order valence-corrected chi connectivity index (χ4v) is 1.04. The maximum atomic E-state index is 13.0. The van der Waals surface area contributed by atoms with Gasteiger partial charge < -0.3 is 5.32 Å². The summed E-state index contributed by atoms with van der Waals surface area (Å²) in [6.45, 7) is 5.18. The first-order valence-corrected chi connectivity index (χ1v) is 5.05. The molecule has 0 saturated heterocycles. The van der Waals surface area contributed by atoms with Gasteiger partial charge in [-0.15, -0.1) is 0 Å². The van der Waals surface area contributed by atoms with Crippen molar-refractivity contribution in [3.8, 4) is 0 Å². The normalized spacial score (nSPS) is 10.4. The molecule has 1 amide bonds. The number of anilines is 1. The Hall–Kier alpha value is -1.66. The number of amides is 1. The first-order chi connectivity index (χ1) is 8.21. The molecule has 102 valence electrons. The first-order valence-electron chi connectivity index (χ1n) is 5.05. The van der Waals surface area contributed by atoms with Gasteiger partial charge in [-0.3, -0.25) is 4.79 Å². The monoisotopic (exact) mass is 269 g/mol. The van der Waals surface area contributed by atoms with Gasteiger partial charge in [0, 0.05) is 6.07 Å². The Bertz CT molecular complexity index is 405. The minimum atomic E-state index is -5.12. The largest absolute Gasteiger partial charge is 0.471 e. The van der Waals surface area contributed by atoms with Crippen molar-refractivity contribution in [3.05, 3.63) is 29.3 Å². The maximum Gasteiger partial charge on any atom is 0.471 e. The van der Waals surface area contributed by atoms with Crippen LogP contribution in [0, 0.1) is 18.6 Å². The van der Waals surface area contributed by atoms with E-state index in [4.69, 9.17) is 0 Å². The van der Waals surface area contributed by atoms with Crippen molar-refractivity contribution in [1.82, 2.24) is 0 Å². The molecule has 0 bridgehead atoms. The standard InChI is InChI=1S/C9H6F5NO.C2H6/c1-4-2-5(10)3-6(11)7(4)15-8(16)9(12,13)14;1-2/h2-3H,1H3,(H,15,16);1-2H3. The van der Waals surface area contributed by atoms with Gasteiger partial charge in [0.2, 0.25) is 0 Å². The van der Waals surface area contributed by atoms with E-state index in [0.717, 1.165) is 6.07 Å². The summed E-state index contributed by atoms with van der Waals surface area (Å²) in [6, 6.07) is 1.20. The van der Waals surface area contributed by atoms with Crippen LogP contribution >= 0.6 is 0 Å². The molecular formula is C11H12F5NO. The molecule has 0 aromatic heterocycles. The number of hydrogen-bond acceptors (Lipinski definition) is 1. The van der Waals surface area contributed by atoms with Crippen molar-refractivity contribution in [2.75, 3.05) is 5.32 Å². The third-order valence-electron chi connectivity index (χ3n) is 1.75. The second-order valence-electron chi connectivity index (χ2n) is 3.03. The highest BCUT2D eigenvalue weighted by atomic mass is 19.4. The van der Waals surface area contributed by atoms with E-state index >= 15 is 0 Å². The zero-order valence-electron chi connectivity index (χ0n) is 9.95. The molecule has 1 aromatic rings.